The number of para-hydroxylation sites is 1. The largest absolute Gasteiger partial charge is 0.457 e. The molecule has 0 bridgehead atoms. The number of benzene rings is 2. The maximum Gasteiger partial charge on any atom is 0.330 e. The molecule has 2 N–H and O–H groups in total. The summed E-state index contributed by atoms with van der Waals surface area (Å²) in [4.78, 5) is 26.2. The van der Waals surface area contributed by atoms with Crippen molar-refractivity contribution in [2.45, 2.75) is 31.7 Å². The fraction of sp³-hybridized carbons (Fsp3) is 0.250. The molecule has 0 radical (unpaired) electrons. The molecule has 0 amide bonds. The van der Waals surface area contributed by atoms with Crippen molar-refractivity contribution in [3.8, 4) is 22.8 Å². The number of aromatic nitrogens is 5. The number of nitrogens with one attached hydrogen (secondary N) is 1. The highest BCUT2D eigenvalue weighted by Crippen LogP contribution is 2.36. The highest BCUT2D eigenvalue weighted by Gasteiger charge is 2.38. The zero-order valence-electron chi connectivity index (χ0n) is 18.4. The number of aliphatic hydroxyl groups excluding tert-OH is 1. The quantitative estimate of drug-likeness (QED) is 0.452. The molecule has 0 unspecified atom stereocenters. The topological polar surface area (TPSA) is 124 Å². The number of hydrogen-bond acceptors (Lipinski definition) is 7. The van der Waals surface area contributed by atoms with E-state index in [2.05, 4.69) is 15.3 Å². The van der Waals surface area contributed by atoms with E-state index in [1.54, 1.807) is 17.8 Å². The molecular formula is C24H23N5O5. The van der Waals surface area contributed by atoms with Gasteiger partial charge in [-0.2, -0.15) is 0 Å². The highest BCUT2D eigenvalue weighted by molar-refractivity contribution is 5.59. The summed E-state index contributed by atoms with van der Waals surface area (Å²) >= 11 is 0. The Bertz CT molecular complexity index is 1390. The van der Waals surface area contributed by atoms with Crippen LogP contribution >= 0.6 is 0 Å². The molecule has 10 heteroatoms. The molecule has 174 valence electrons. The van der Waals surface area contributed by atoms with E-state index < -0.39 is 23.6 Å². The lowest BCUT2D eigenvalue weighted by atomic mass is 10.1. The monoisotopic (exact) mass is 461 g/mol. The second-order valence-corrected chi connectivity index (χ2v) is 8.12. The third-order valence-corrected chi connectivity index (χ3v) is 5.82. The summed E-state index contributed by atoms with van der Waals surface area (Å²) < 4.78 is 14.7. The van der Waals surface area contributed by atoms with E-state index in [9.17, 15) is 14.7 Å². The summed E-state index contributed by atoms with van der Waals surface area (Å²) in [5.41, 5.74) is 0.916. The molecule has 2 aromatic carbocycles. The zero-order chi connectivity index (χ0) is 23.7. The van der Waals surface area contributed by atoms with Gasteiger partial charge in [0.1, 0.15) is 29.5 Å². The van der Waals surface area contributed by atoms with Crippen LogP contribution in [0.25, 0.3) is 11.3 Å². The van der Waals surface area contributed by atoms with E-state index in [1.807, 2.05) is 54.6 Å². The fourth-order valence-electron chi connectivity index (χ4n) is 4.02. The number of nitrogens with zero attached hydrogens (tertiary/aromatic N) is 4. The summed E-state index contributed by atoms with van der Waals surface area (Å²) in [6.07, 6.45) is 2.40. The van der Waals surface area contributed by atoms with Crippen LogP contribution in [0.15, 0.2) is 76.6 Å². The van der Waals surface area contributed by atoms with Gasteiger partial charge in [-0.05, 0) is 43.3 Å². The van der Waals surface area contributed by atoms with Crippen LogP contribution < -0.4 is 16.0 Å². The minimum absolute atomic E-state index is 0.251. The first-order chi connectivity index (χ1) is 16.5. The normalized spacial score (nSPS) is 19.9. The standard InChI is InChI=1S/C24H23N5O5/c1-15-12-28(24(32)25-23(15)31)22-11-20(21(14-30)34-22)29-13-19(26-27-29)16-7-9-18(10-8-16)33-17-5-3-2-4-6-17/h2-10,12-13,20-22,30H,11,14H2,1H3,(H,25,31,32)/t20-,21+,22+/m0/s1. The van der Waals surface area contributed by atoms with E-state index in [0.29, 0.717) is 23.4 Å². The first kappa shape index (κ1) is 21.8. The van der Waals surface area contributed by atoms with E-state index in [0.717, 1.165) is 11.3 Å². The van der Waals surface area contributed by atoms with Gasteiger partial charge in [-0.25, -0.2) is 9.48 Å². The van der Waals surface area contributed by atoms with Crippen molar-refractivity contribution in [1.82, 2.24) is 24.5 Å². The van der Waals surface area contributed by atoms with Gasteiger partial charge in [-0.1, -0.05) is 23.4 Å². The van der Waals surface area contributed by atoms with Gasteiger partial charge < -0.3 is 14.6 Å². The molecule has 34 heavy (non-hydrogen) atoms. The summed E-state index contributed by atoms with van der Waals surface area (Å²) in [6, 6.07) is 16.7. The van der Waals surface area contributed by atoms with Crippen LogP contribution in [0.5, 0.6) is 11.5 Å². The zero-order valence-corrected chi connectivity index (χ0v) is 18.4. The number of ether oxygens (including phenoxy) is 2. The molecule has 1 aliphatic heterocycles. The number of hydrogen-bond donors (Lipinski definition) is 2. The van der Waals surface area contributed by atoms with Gasteiger partial charge in [0.15, 0.2) is 0 Å². The number of aryl methyl sites for hydroxylation is 1. The molecule has 0 aliphatic carbocycles. The van der Waals surface area contributed by atoms with Gasteiger partial charge in [0, 0.05) is 23.7 Å². The second-order valence-electron chi connectivity index (χ2n) is 8.12. The molecule has 2 aromatic heterocycles. The predicted molar refractivity (Wildman–Crippen MR) is 123 cm³/mol. The van der Waals surface area contributed by atoms with Crippen molar-refractivity contribution < 1.29 is 14.6 Å². The SMILES string of the molecule is Cc1cn([C@H]2C[C@H](n3cc(-c4ccc(Oc5ccccc5)cc4)nn3)[C@@H](CO)O2)c(=O)[nH]c1=O. The first-order valence-electron chi connectivity index (χ1n) is 10.9. The summed E-state index contributed by atoms with van der Waals surface area (Å²) in [7, 11) is 0. The molecule has 5 rings (SSSR count). The van der Waals surface area contributed by atoms with Crippen molar-refractivity contribution in [2.75, 3.05) is 6.61 Å². The average Bonchev–Trinajstić information content (AvgIpc) is 3.50. The third kappa shape index (κ3) is 4.28. The molecule has 3 atom stereocenters. The number of aromatic amines is 1. The Hall–Kier alpha value is -4.02. The Morgan fingerprint density at radius 3 is 2.56 bits per heavy atom. The first-order valence-corrected chi connectivity index (χ1v) is 10.9. The smallest absolute Gasteiger partial charge is 0.330 e. The van der Waals surface area contributed by atoms with Crippen LogP contribution in [0, 0.1) is 6.92 Å². The lowest BCUT2D eigenvalue weighted by Gasteiger charge is -2.15. The van der Waals surface area contributed by atoms with Crippen LogP contribution in [0.3, 0.4) is 0 Å². The van der Waals surface area contributed by atoms with Gasteiger partial charge in [-0.3, -0.25) is 14.3 Å². The predicted octanol–water partition coefficient (Wildman–Crippen LogP) is 2.42. The third-order valence-electron chi connectivity index (χ3n) is 5.82. The summed E-state index contributed by atoms with van der Waals surface area (Å²) in [5.74, 6) is 1.46. The molecule has 3 heterocycles. The van der Waals surface area contributed by atoms with Crippen LogP contribution in [-0.4, -0.2) is 42.4 Å². The molecule has 1 saturated heterocycles. The minimum Gasteiger partial charge on any atom is -0.457 e. The Labute approximate surface area is 194 Å². The Morgan fingerprint density at radius 1 is 1.09 bits per heavy atom. The second kappa shape index (κ2) is 9.08. The van der Waals surface area contributed by atoms with Gasteiger partial charge in [0.05, 0.1) is 18.8 Å². The fourth-order valence-corrected chi connectivity index (χ4v) is 4.02. The molecule has 0 saturated carbocycles. The lowest BCUT2D eigenvalue weighted by Crippen LogP contribution is -2.33. The van der Waals surface area contributed by atoms with E-state index in [1.165, 1.54) is 10.8 Å². The van der Waals surface area contributed by atoms with E-state index in [-0.39, 0.29) is 12.6 Å². The summed E-state index contributed by atoms with van der Waals surface area (Å²) in [5, 5.41) is 18.4. The average molecular weight is 461 g/mol. The Morgan fingerprint density at radius 2 is 1.82 bits per heavy atom. The number of rotatable bonds is 6. The number of aliphatic hydroxyl groups is 1. The van der Waals surface area contributed by atoms with Crippen molar-refractivity contribution in [3.05, 3.63) is 93.4 Å². The highest BCUT2D eigenvalue weighted by atomic mass is 16.5. The molecule has 1 fully saturated rings. The van der Waals surface area contributed by atoms with Crippen LogP contribution in [0.2, 0.25) is 0 Å². The van der Waals surface area contributed by atoms with E-state index >= 15 is 0 Å². The van der Waals surface area contributed by atoms with E-state index in [4.69, 9.17) is 9.47 Å². The maximum atomic E-state index is 12.3. The maximum absolute atomic E-state index is 12.3. The molecule has 0 spiro atoms. The van der Waals surface area contributed by atoms with Gasteiger partial charge in [0.2, 0.25) is 0 Å². The number of H-pyrrole nitrogens is 1. The van der Waals surface area contributed by atoms with Crippen LogP contribution in [-0.2, 0) is 4.74 Å². The Balaban J connectivity index is 1.34. The molecule has 1 aliphatic rings. The van der Waals surface area contributed by atoms with Gasteiger partial charge in [-0.15, -0.1) is 5.10 Å². The van der Waals surface area contributed by atoms with Crippen molar-refractivity contribution in [1.29, 1.82) is 0 Å². The molecule has 4 aromatic rings. The molecule has 10 nitrogen and oxygen atoms in total. The van der Waals surface area contributed by atoms with Crippen LogP contribution in [0.4, 0.5) is 0 Å². The Kier molecular flexibility index (Phi) is 5.83. The van der Waals surface area contributed by atoms with Gasteiger partial charge in [0.25, 0.3) is 5.56 Å². The van der Waals surface area contributed by atoms with Gasteiger partial charge >= 0.3 is 5.69 Å². The lowest BCUT2D eigenvalue weighted by molar-refractivity contribution is -0.0323. The van der Waals surface area contributed by atoms with Crippen molar-refractivity contribution in [2.24, 2.45) is 0 Å². The van der Waals surface area contributed by atoms with Crippen molar-refractivity contribution >= 4 is 0 Å². The molecular weight excluding hydrogens is 438 g/mol. The minimum atomic E-state index is -0.646. The van der Waals surface area contributed by atoms with Crippen LogP contribution in [0.1, 0.15) is 24.3 Å². The van der Waals surface area contributed by atoms with Crippen molar-refractivity contribution in [3.63, 3.8) is 0 Å². The summed E-state index contributed by atoms with van der Waals surface area (Å²) in [6.45, 7) is 1.36.